The molecule has 2 rings (SSSR count). The Bertz CT molecular complexity index is 381. The van der Waals surface area contributed by atoms with Crippen molar-refractivity contribution in [2.75, 3.05) is 18.9 Å². The molecule has 6 nitrogen and oxygen atoms in total. The zero-order valence-electron chi connectivity index (χ0n) is 8.97. The second-order valence-corrected chi connectivity index (χ2v) is 4.79. The minimum Gasteiger partial charge on any atom is -0.378 e. The van der Waals surface area contributed by atoms with Gasteiger partial charge in [0.15, 0.2) is 0 Å². The van der Waals surface area contributed by atoms with Gasteiger partial charge in [0.05, 0.1) is 6.10 Å². The number of nitrogen functional groups attached to an aromatic ring is 1. The molecule has 1 saturated heterocycles. The van der Waals surface area contributed by atoms with Crippen LogP contribution in [-0.2, 0) is 4.74 Å². The molecule has 1 aliphatic heterocycles. The summed E-state index contributed by atoms with van der Waals surface area (Å²) in [5.74, 6) is 0.169. The molecule has 2 unspecified atom stereocenters. The van der Waals surface area contributed by atoms with E-state index in [4.69, 9.17) is 10.5 Å². The van der Waals surface area contributed by atoms with Gasteiger partial charge < -0.3 is 15.8 Å². The molecule has 7 heteroatoms. The molecule has 88 valence electrons. The number of hydrogen-bond donors (Lipinski definition) is 2. The largest absolute Gasteiger partial charge is 0.378 e. The Labute approximate surface area is 97.2 Å². The maximum Gasteiger partial charge on any atom is 0.282 e. The summed E-state index contributed by atoms with van der Waals surface area (Å²) in [6.45, 7) is 3.40. The minimum absolute atomic E-state index is 0.208. The topological polar surface area (TPSA) is 90.1 Å². The van der Waals surface area contributed by atoms with Gasteiger partial charge >= 0.3 is 0 Å². The van der Waals surface area contributed by atoms with Crippen LogP contribution in [0.25, 0.3) is 0 Å². The van der Waals surface area contributed by atoms with E-state index in [9.17, 15) is 4.79 Å². The fourth-order valence-electron chi connectivity index (χ4n) is 1.67. The molecule has 0 spiro atoms. The third kappa shape index (κ3) is 2.48. The Balaban J connectivity index is 1.84. The lowest BCUT2D eigenvalue weighted by Gasteiger charge is -2.13. The standard InChI is InChI=1S/C9H14N4O2S/c1-5-6(2-3-15-5)4-11-7(14)8-12-13-9(10)16-8/h5-6H,2-4H2,1H3,(H2,10,13)(H,11,14). The first-order chi connectivity index (χ1) is 7.66. The first-order valence-electron chi connectivity index (χ1n) is 5.15. The second kappa shape index (κ2) is 4.75. The Kier molecular flexibility index (Phi) is 3.35. The Morgan fingerprint density at radius 3 is 3.06 bits per heavy atom. The average Bonchev–Trinajstić information content (AvgIpc) is 2.84. The lowest BCUT2D eigenvalue weighted by Crippen LogP contribution is -2.31. The summed E-state index contributed by atoms with van der Waals surface area (Å²) in [6, 6.07) is 0. The number of rotatable bonds is 3. The van der Waals surface area contributed by atoms with Crippen LogP contribution in [0, 0.1) is 5.92 Å². The van der Waals surface area contributed by atoms with Gasteiger partial charge in [0.25, 0.3) is 5.91 Å². The smallest absolute Gasteiger partial charge is 0.282 e. The maximum absolute atomic E-state index is 11.6. The van der Waals surface area contributed by atoms with Crippen molar-refractivity contribution < 1.29 is 9.53 Å². The first kappa shape index (κ1) is 11.3. The molecule has 1 fully saturated rings. The van der Waals surface area contributed by atoms with E-state index in [2.05, 4.69) is 15.5 Å². The summed E-state index contributed by atoms with van der Waals surface area (Å²) in [7, 11) is 0. The van der Waals surface area contributed by atoms with Crippen molar-refractivity contribution in [3.8, 4) is 0 Å². The average molecular weight is 242 g/mol. The van der Waals surface area contributed by atoms with Gasteiger partial charge in [-0.05, 0) is 13.3 Å². The summed E-state index contributed by atoms with van der Waals surface area (Å²) in [5, 5.41) is 10.7. The number of nitrogens with two attached hydrogens (primary N) is 1. The van der Waals surface area contributed by atoms with Crippen molar-refractivity contribution in [3.63, 3.8) is 0 Å². The van der Waals surface area contributed by atoms with Gasteiger partial charge in [-0.1, -0.05) is 11.3 Å². The van der Waals surface area contributed by atoms with Gasteiger partial charge in [-0.3, -0.25) is 4.79 Å². The summed E-state index contributed by atoms with van der Waals surface area (Å²) >= 11 is 1.09. The Morgan fingerprint density at radius 1 is 1.69 bits per heavy atom. The number of carbonyl (C=O) groups is 1. The molecule has 0 radical (unpaired) electrons. The van der Waals surface area contributed by atoms with Gasteiger partial charge in [0.1, 0.15) is 0 Å². The van der Waals surface area contributed by atoms with E-state index in [0.717, 1.165) is 24.4 Å². The quantitative estimate of drug-likeness (QED) is 0.794. The molecule has 2 atom stereocenters. The molecule has 0 aromatic carbocycles. The van der Waals surface area contributed by atoms with Crippen LogP contribution in [0.3, 0.4) is 0 Å². The second-order valence-electron chi connectivity index (χ2n) is 3.78. The van der Waals surface area contributed by atoms with Gasteiger partial charge in [0, 0.05) is 19.1 Å². The zero-order valence-corrected chi connectivity index (χ0v) is 9.79. The third-order valence-electron chi connectivity index (χ3n) is 2.69. The molecule has 1 amide bonds. The molecular formula is C9H14N4O2S. The summed E-state index contributed by atoms with van der Waals surface area (Å²) in [6.07, 6.45) is 1.19. The van der Waals surface area contributed by atoms with E-state index in [1.54, 1.807) is 0 Å². The molecule has 1 aromatic rings. The molecule has 1 aromatic heterocycles. The normalized spacial score (nSPS) is 24.6. The zero-order chi connectivity index (χ0) is 11.5. The van der Waals surface area contributed by atoms with Crippen LogP contribution in [0.1, 0.15) is 23.1 Å². The van der Waals surface area contributed by atoms with E-state index < -0.39 is 0 Å². The van der Waals surface area contributed by atoms with Gasteiger partial charge in [0.2, 0.25) is 10.1 Å². The van der Waals surface area contributed by atoms with Crippen LogP contribution in [0.4, 0.5) is 5.13 Å². The lowest BCUT2D eigenvalue weighted by atomic mass is 10.0. The minimum atomic E-state index is -0.215. The van der Waals surface area contributed by atoms with Crippen LogP contribution >= 0.6 is 11.3 Å². The SMILES string of the molecule is CC1OCCC1CNC(=O)c1nnc(N)s1. The molecule has 0 aliphatic carbocycles. The van der Waals surface area contributed by atoms with E-state index in [1.165, 1.54) is 0 Å². The molecular weight excluding hydrogens is 228 g/mol. The van der Waals surface area contributed by atoms with Crippen molar-refractivity contribution in [1.82, 2.24) is 15.5 Å². The molecule has 2 heterocycles. The van der Waals surface area contributed by atoms with E-state index in [-0.39, 0.29) is 12.0 Å². The van der Waals surface area contributed by atoms with E-state index >= 15 is 0 Å². The van der Waals surface area contributed by atoms with E-state index in [1.807, 2.05) is 6.92 Å². The highest BCUT2D eigenvalue weighted by atomic mass is 32.1. The highest BCUT2D eigenvalue weighted by Gasteiger charge is 2.25. The fourth-order valence-corrected chi connectivity index (χ4v) is 2.20. The number of carbonyl (C=O) groups excluding carboxylic acids is 1. The lowest BCUT2D eigenvalue weighted by molar-refractivity contribution is 0.0906. The van der Waals surface area contributed by atoms with Crippen LogP contribution in [0.5, 0.6) is 0 Å². The monoisotopic (exact) mass is 242 g/mol. The summed E-state index contributed by atoms with van der Waals surface area (Å²) in [4.78, 5) is 11.6. The van der Waals surface area contributed by atoms with Crippen LogP contribution in [0.2, 0.25) is 0 Å². The van der Waals surface area contributed by atoms with E-state index in [0.29, 0.717) is 22.6 Å². The van der Waals surface area contributed by atoms with Gasteiger partial charge in [-0.15, -0.1) is 10.2 Å². The molecule has 0 saturated carbocycles. The van der Waals surface area contributed by atoms with Crippen molar-refractivity contribution >= 4 is 22.4 Å². The predicted octanol–water partition coefficient (Wildman–Crippen LogP) is 0.275. The van der Waals surface area contributed by atoms with Crippen LogP contribution in [-0.4, -0.2) is 35.4 Å². The third-order valence-corrected chi connectivity index (χ3v) is 3.44. The number of nitrogens with one attached hydrogen (secondary N) is 1. The van der Waals surface area contributed by atoms with Crippen molar-refractivity contribution in [3.05, 3.63) is 5.01 Å². The van der Waals surface area contributed by atoms with Crippen LogP contribution in [0.15, 0.2) is 0 Å². The highest BCUT2D eigenvalue weighted by Crippen LogP contribution is 2.19. The summed E-state index contributed by atoms with van der Waals surface area (Å²) in [5.41, 5.74) is 5.40. The van der Waals surface area contributed by atoms with Crippen LogP contribution < -0.4 is 11.1 Å². The Hall–Kier alpha value is -1.21. The fraction of sp³-hybridized carbons (Fsp3) is 0.667. The summed E-state index contributed by atoms with van der Waals surface area (Å²) < 4.78 is 5.41. The maximum atomic E-state index is 11.6. The Morgan fingerprint density at radius 2 is 2.50 bits per heavy atom. The van der Waals surface area contributed by atoms with Crippen molar-refractivity contribution in [2.24, 2.45) is 5.92 Å². The first-order valence-corrected chi connectivity index (χ1v) is 5.97. The highest BCUT2D eigenvalue weighted by molar-refractivity contribution is 7.16. The van der Waals surface area contributed by atoms with Gasteiger partial charge in [-0.2, -0.15) is 0 Å². The van der Waals surface area contributed by atoms with Crippen molar-refractivity contribution in [2.45, 2.75) is 19.4 Å². The molecule has 16 heavy (non-hydrogen) atoms. The number of hydrogen-bond acceptors (Lipinski definition) is 6. The number of anilines is 1. The number of nitrogens with zero attached hydrogens (tertiary/aromatic N) is 2. The van der Waals surface area contributed by atoms with Gasteiger partial charge in [-0.25, -0.2) is 0 Å². The number of ether oxygens (including phenoxy) is 1. The van der Waals surface area contributed by atoms with Crippen molar-refractivity contribution in [1.29, 1.82) is 0 Å². The molecule has 3 N–H and O–H groups in total. The molecule has 1 aliphatic rings. The number of aromatic nitrogens is 2. The predicted molar refractivity (Wildman–Crippen MR) is 60.2 cm³/mol. The molecule has 0 bridgehead atoms. The number of amides is 1.